The molecule has 6 heteroatoms. The topological polar surface area (TPSA) is 56.8 Å². The predicted molar refractivity (Wildman–Crippen MR) is 56.5 cm³/mol. The van der Waals surface area contributed by atoms with E-state index in [1.165, 1.54) is 43.5 Å². The summed E-state index contributed by atoms with van der Waals surface area (Å²) in [5.74, 6) is -3.47. The second kappa shape index (κ2) is 5.42. The van der Waals surface area contributed by atoms with Gasteiger partial charge in [-0.1, -0.05) is 12.1 Å². The molecule has 0 aliphatic carbocycles. The van der Waals surface area contributed by atoms with Gasteiger partial charge in [0.25, 0.3) is 0 Å². The third kappa shape index (κ3) is 2.92. The van der Waals surface area contributed by atoms with Crippen molar-refractivity contribution >= 4 is 0 Å². The summed E-state index contributed by atoms with van der Waals surface area (Å²) in [4.78, 5) is 0. The number of benzene rings is 1. The van der Waals surface area contributed by atoms with Crippen molar-refractivity contribution in [1.82, 2.24) is 0 Å². The molecule has 1 aromatic rings. The Kier molecular flexibility index (Phi) is 4.17. The first-order valence-corrected chi connectivity index (χ1v) is 4.94. The normalized spacial score (nSPS) is 12.6. The predicted octanol–water partition coefficient (Wildman–Crippen LogP) is 3.00. The van der Waals surface area contributed by atoms with Crippen molar-refractivity contribution < 1.29 is 17.9 Å². The van der Waals surface area contributed by atoms with Crippen molar-refractivity contribution in [2.24, 2.45) is 5.92 Å². The average Bonchev–Trinajstić information content (AvgIpc) is 2.34. The van der Waals surface area contributed by atoms with E-state index in [9.17, 15) is 13.2 Å². The molecule has 0 radical (unpaired) electrons. The quantitative estimate of drug-likeness (QED) is 0.833. The fraction of sp³-hybridized carbons (Fsp3) is 0.333. The van der Waals surface area contributed by atoms with Crippen LogP contribution in [-0.2, 0) is 0 Å². The van der Waals surface area contributed by atoms with Crippen LogP contribution < -0.4 is 4.74 Å². The molecular weight excluding hydrogens is 245 g/mol. The number of methoxy groups -OCH3 is 1. The van der Waals surface area contributed by atoms with Gasteiger partial charge in [-0.25, -0.2) is 0 Å². The Labute approximate surface area is 102 Å². The first-order valence-electron chi connectivity index (χ1n) is 4.94. The Balaban J connectivity index is 3.19. The number of halogens is 3. The van der Waals surface area contributed by atoms with Crippen molar-refractivity contribution in [3.63, 3.8) is 0 Å². The molecule has 0 fully saturated rings. The van der Waals surface area contributed by atoms with Gasteiger partial charge in [-0.15, -0.1) is 0 Å². The highest BCUT2D eigenvalue weighted by Crippen LogP contribution is 2.40. The van der Waals surface area contributed by atoms with Gasteiger partial charge in [-0.3, -0.25) is 0 Å². The second-order valence-electron chi connectivity index (χ2n) is 3.53. The van der Waals surface area contributed by atoms with Crippen molar-refractivity contribution in [2.75, 3.05) is 7.11 Å². The second-order valence-corrected chi connectivity index (χ2v) is 3.53. The van der Waals surface area contributed by atoms with Crippen LogP contribution in [0.25, 0.3) is 0 Å². The first-order chi connectivity index (χ1) is 8.43. The standard InChI is InChI=1S/C12H9F3N2O/c1-18-10-4-2-8(3-5-10)11(12(13,14)15)9(6-16)7-17/h2-5,9,11H,1H3. The Bertz CT molecular complexity index is 468. The molecule has 0 heterocycles. The van der Waals surface area contributed by atoms with Gasteiger partial charge < -0.3 is 4.74 Å². The highest BCUT2D eigenvalue weighted by atomic mass is 19.4. The van der Waals surface area contributed by atoms with Gasteiger partial charge in [-0.2, -0.15) is 23.7 Å². The van der Waals surface area contributed by atoms with Crippen LogP contribution in [-0.4, -0.2) is 13.3 Å². The summed E-state index contributed by atoms with van der Waals surface area (Å²) in [6.07, 6.45) is -4.65. The number of alkyl halides is 3. The fourth-order valence-corrected chi connectivity index (χ4v) is 1.56. The zero-order chi connectivity index (χ0) is 13.8. The molecule has 0 aliphatic heterocycles. The number of ether oxygens (including phenoxy) is 1. The lowest BCUT2D eigenvalue weighted by molar-refractivity contribution is -0.154. The number of nitriles is 2. The summed E-state index contributed by atoms with van der Waals surface area (Å²) in [7, 11) is 1.39. The molecule has 1 aromatic carbocycles. The molecule has 0 saturated heterocycles. The maximum Gasteiger partial charge on any atom is 0.398 e. The van der Waals surface area contributed by atoms with Gasteiger partial charge in [-0.05, 0) is 17.7 Å². The third-order valence-electron chi connectivity index (χ3n) is 2.44. The monoisotopic (exact) mass is 254 g/mol. The summed E-state index contributed by atoms with van der Waals surface area (Å²) in [6.45, 7) is 0. The zero-order valence-electron chi connectivity index (χ0n) is 9.40. The molecule has 0 spiro atoms. The van der Waals surface area contributed by atoms with Gasteiger partial charge >= 0.3 is 6.18 Å². The van der Waals surface area contributed by atoms with Crippen molar-refractivity contribution in [1.29, 1.82) is 10.5 Å². The van der Waals surface area contributed by atoms with Crippen LogP contribution in [0.1, 0.15) is 11.5 Å². The molecule has 0 aliphatic rings. The summed E-state index contributed by atoms with van der Waals surface area (Å²) < 4.78 is 43.5. The average molecular weight is 254 g/mol. The fourth-order valence-electron chi connectivity index (χ4n) is 1.56. The van der Waals surface area contributed by atoms with Crippen molar-refractivity contribution in [3.8, 4) is 17.9 Å². The summed E-state index contributed by atoms with van der Waals surface area (Å²) in [5.41, 5.74) is -0.128. The molecule has 0 aromatic heterocycles. The van der Waals surface area contributed by atoms with Crippen molar-refractivity contribution in [3.05, 3.63) is 29.8 Å². The van der Waals surface area contributed by atoms with Gasteiger partial charge in [0, 0.05) is 0 Å². The SMILES string of the molecule is COc1ccc(C(C(C#N)C#N)C(F)(F)F)cc1. The van der Waals surface area contributed by atoms with Crippen LogP contribution in [0.2, 0.25) is 0 Å². The molecule has 0 amide bonds. The molecule has 0 saturated carbocycles. The highest BCUT2D eigenvalue weighted by molar-refractivity contribution is 5.32. The van der Waals surface area contributed by atoms with E-state index in [4.69, 9.17) is 15.3 Å². The Morgan fingerprint density at radius 1 is 1.11 bits per heavy atom. The number of hydrogen-bond donors (Lipinski definition) is 0. The lowest BCUT2D eigenvalue weighted by atomic mass is 9.87. The van der Waals surface area contributed by atoms with E-state index in [1.807, 2.05) is 0 Å². The Hall–Kier alpha value is -2.21. The number of rotatable bonds is 3. The Morgan fingerprint density at radius 2 is 1.61 bits per heavy atom. The van der Waals surface area contributed by atoms with Crippen LogP contribution in [0.5, 0.6) is 5.75 Å². The molecule has 0 N–H and O–H groups in total. The van der Waals surface area contributed by atoms with E-state index in [1.54, 1.807) is 0 Å². The van der Waals surface area contributed by atoms with Crippen LogP contribution in [0.3, 0.4) is 0 Å². The Morgan fingerprint density at radius 3 is 1.94 bits per heavy atom. The smallest absolute Gasteiger partial charge is 0.398 e. The van der Waals surface area contributed by atoms with E-state index in [0.717, 1.165) is 0 Å². The van der Waals surface area contributed by atoms with Gasteiger partial charge in [0.15, 0.2) is 0 Å². The lowest BCUT2D eigenvalue weighted by Gasteiger charge is -2.21. The number of hydrogen-bond acceptors (Lipinski definition) is 3. The molecule has 0 bridgehead atoms. The molecular formula is C12H9F3N2O. The van der Waals surface area contributed by atoms with E-state index in [2.05, 4.69) is 0 Å². The van der Waals surface area contributed by atoms with E-state index in [-0.39, 0.29) is 5.56 Å². The molecule has 3 nitrogen and oxygen atoms in total. The van der Waals surface area contributed by atoms with Gasteiger partial charge in [0.05, 0.1) is 19.2 Å². The maximum atomic E-state index is 12.9. The lowest BCUT2D eigenvalue weighted by Crippen LogP contribution is -2.26. The van der Waals surface area contributed by atoms with Gasteiger partial charge in [0.2, 0.25) is 0 Å². The molecule has 1 atom stereocenters. The minimum atomic E-state index is -4.65. The van der Waals surface area contributed by atoms with Crippen LogP contribution in [0, 0.1) is 28.6 Å². The summed E-state index contributed by atoms with van der Waals surface area (Å²) >= 11 is 0. The van der Waals surface area contributed by atoms with Crippen LogP contribution in [0.4, 0.5) is 13.2 Å². The molecule has 18 heavy (non-hydrogen) atoms. The number of nitrogens with zero attached hydrogens (tertiary/aromatic N) is 2. The van der Waals surface area contributed by atoms with Crippen LogP contribution in [0.15, 0.2) is 24.3 Å². The minimum absolute atomic E-state index is 0.128. The molecule has 1 rings (SSSR count). The maximum absolute atomic E-state index is 12.9. The highest BCUT2D eigenvalue weighted by Gasteiger charge is 2.46. The van der Waals surface area contributed by atoms with E-state index < -0.39 is 18.0 Å². The zero-order valence-corrected chi connectivity index (χ0v) is 9.40. The first kappa shape index (κ1) is 13.9. The largest absolute Gasteiger partial charge is 0.497 e. The van der Waals surface area contributed by atoms with Crippen LogP contribution >= 0.6 is 0 Å². The van der Waals surface area contributed by atoms with Crippen molar-refractivity contribution in [2.45, 2.75) is 12.1 Å². The minimum Gasteiger partial charge on any atom is -0.497 e. The third-order valence-corrected chi connectivity index (χ3v) is 2.44. The molecule has 94 valence electrons. The van der Waals surface area contributed by atoms with E-state index >= 15 is 0 Å². The molecule has 1 unspecified atom stereocenters. The van der Waals surface area contributed by atoms with Gasteiger partial charge in [0.1, 0.15) is 17.6 Å². The summed E-state index contributed by atoms with van der Waals surface area (Å²) in [5, 5.41) is 17.2. The van der Waals surface area contributed by atoms with E-state index in [0.29, 0.717) is 5.75 Å². The summed E-state index contributed by atoms with van der Waals surface area (Å²) in [6, 6.07) is 7.88.